The molecule has 1 N–H and O–H groups in total. The van der Waals surface area contributed by atoms with Gasteiger partial charge in [0.25, 0.3) is 0 Å². The summed E-state index contributed by atoms with van der Waals surface area (Å²) in [6, 6.07) is 12.2. The van der Waals surface area contributed by atoms with Crippen molar-refractivity contribution in [1.82, 2.24) is 24.7 Å². The van der Waals surface area contributed by atoms with E-state index in [0.717, 1.165) is 50.3 Å². The molecule has 0 saturated carbocycles. The SMILES string of the molecule is CCOc1ncccc1-c1cc(NCc2ccc3oc(C)nc3c2)c2c(n1)c(C)nn2C(C)C. The summed E-state index contributed by atoms with van der Waals surface area (Å²) in [5, 5.41) is 8.41. The molecule has 8 nitrogen and oxygen atoms in total. The number of nitrogens with zero attached hydrogens (tertiary/aromatic N) is 5. The van der Waals surface area contributed by atoms with Gasteiger partial charge in [0.15, 0.2) is 11.5 Å². The summed E-state index contributed by atoms with van der Waals surface area (Å²) in [4.78, 5) is 13.9. The second-order valence-corrected chi connectivity index (χ2v) is 8.55. The summed E-state index contributed by atoms with van der Waals surface area (Å²) >= 11 is 0. The first-order valence-corrected chi connectivity index (χ1v) is 11.5. The van der Waals surface area contributed by atoms with E-state index in [1.807, 2.05) is 43.7 Å². The first-order valence-electron chi connectivity index (χ1n) is 11.5. The van der Waals surface area contributed by atoms with Crippen molar-refractivity contribution in [2.75, 3.05) is 11.9 Å². The van der Waals surface area contributed by atoms with Crippen molar-refractivity contribution in [2.24, 2.45) is 0 Å². The van der Waals surface area contributed by atoms with E-state index >= 15 is 0 Å². The molecule has 0 saturated heterocycles. The molecule has 0 fully saturated rings. The van der Waals surface area contributed by atoms with Crippen LogP contribution in [-0.4, -0.2) is 31.3 Å². The Balaban J connectivity index is 1.60. The Bertz CT molecular complexity index is 1480. The number of ether oxygens (including phenoxy) is 1. The number of nitrogens with one attached hydrogen (secondary N) is 1. The minimum atomic E-state index is 0.191. The normalized spacial score (nSPS) is 11.6. The minimum absolute atomic E-state index is 0.191. The molecule has 0 aliphatic carbocycles. The Hall–Kier alpha value is -3.94. The van der Waals surface area contributed by atoms with E-state index in [9.17, 15) is 0 Å². The highest BCUT2D eigenvalue weighted by atomic mass is 16.5. The van der Waals surface area contributed by atoms with Gasteiger partial charge in [-0.05, 0) is 63.6 Å². The van der Waals surface area contributed by atoms with Crippen LogP contribution in [-0.2, 0) is 6.54 Å². The molecule has 0 spiro atoms. The second-order valence-electron chi connectivity index (χ2n) is 8.55. The van der Waals surface area contributed by atoms with Gasteiger partial charge in [-0.1, -0.05) is 6.07 Å². The van der Waals surface area contributed by atoms with E-state index in [1.54, 1.807) is 6.20 Å². The maximum absolute atomic E-state index is 5.78. The largest absolute Gasteiger partial charge is 0.477 e. The van der Waals surface area contributed by atoms with Gasteiger partial charge >= 0.3 is 0 Å². The lowest BCUT2D eigenvalue weighted by molar-refractivity contribution is 0.328. The lowest BCUT2D eigenvalue weighted by Gasteiger charge is -2.15. The fraction of sp³-hybridized carbons (Fsp3) is 0.308. The van der Waals surface area contributed by atoms with Crippen molar-refractivity contribution >= 4 is 27.8 Å². The van der Waals surface area contributed by atoms with E-state index in [2.05, 4.69) is 47.3 Å². The monoisotopic (exact) mass is 456 g/mol. The van der Waals surface area contributed by atoms with E-state index in [-0.39, 0.29) is 6.04 Å². The average molecular weight is 457 g/mol. The molecule has 8 heteroatoms. The lowest BCUT2D eigenvalue weighted by Crippen LogP contribution is -2.07. The number of aryl methyl sites for hydroxylation is 2. The highest BCUT2D eigenvalue weighted by molar-refractivity contribution is 5.93. The van der Waals surface area contributed by atoms with Crippen molar-refractivity contribution in [3.8, 4) is 17.1 Å². The maximum atomic E-state index is 5.78. The molecular weight excluding hydrogens is 428 g/mol. The number of oxazole rings is 1. The summed E-state index contributed by atoms with van der Waals surface area (Å²) in [6.07, 6.45) is 1.73. The molecular formula is C26H28N6O2. The van der Waals surface area contributed by atoms with Gasteiger partial charge in [-0.15, -0.1) is 0 Å². The van der Waals surface area contributed by atoms with Crippen LogP contribution >= 0.6 is 0 Å². The summed E-state index contributed by atoms with van der Waals surface area (Å²) in [6.45, 7) is 11.2. The third kappa shape index (κ3) is 3.96. The zero-order chi connectivity index (χ0) is 23.8. The first kappa shape index (κ1) is 21.9. The number of rotatable bonds is 7. The highest BCUT2D eigenvalue weighted by Gasteiger charge is 2.19. The first-order chi connectivity index (χ1) is 16.4. The van der Waals surface area contributed by atoms with E-state index in [0.29, 0.717) is 24.9 Å². The molecule has 0 aliphatic heterocycles. The number of hydrogen-bond donors (Lipinski definition) is 1. The molecule has 4 aromatic heterocycles. The van der Waals surface area contributed by atoms with Gasteiger partial charge in [0, 0.05) is 25.7 Å². The van der Waals surface area contributed by atoms with Crippen LogP contribution in [0.2, 0.25) is 0 Å². The van der Waals surface area contributed by atoms with Gasteiger partial charge in [-0.2, -0.15) is 5.10 Å². The minimum Gasteiger partial charge on any atom is -0.477 e. The summed E-state index contributed by atoms with van der Waals surface area (Å²) in [5.74, 6) is 1.24. The highest BCUT2D eigenvalue weighted by Crippen LogP contribution is 2.34. The standard InChI is InChI=1S/C26H28N6O2/c1-6-33-26-19(8-7-11-27-26)20-13-22(25-24(30-20)16(4)31-32(25)15(2)3)28-14-18-9-10-23-21(12-18)29-17(5)34-23/h7-13,15H,6,14H2,1-5H3,(H,28,30). The smallest absolute Gasteiger partial charge is 0.222 e. The summed E-state index contributed by atoms with van der Waals surface area (Å²) in [5.41, 5.74) is 8.09. The number of benzene rings is 1. The van der Waals surface area contributed by atoms with Crippen LogP contribution in [0.5, 0.6) is 5.88 Å². The molecule has 4 heterocycles. The van der Waals surface area contributed by atoms with Gasteiger partial charge in [-0.25, -0.2) is 15.0 Å². The zero-order valence-electron chi connectivity index (χ0n) is 20.1. The van der Waals surface area contributed by atoms with Crippen LogP contribution < -0.4 is 10.1 Å². The summed E-state index contributed by atoms with van der Waals surface area (Å²) < 4.78 is 13.4. The quantitative estimate of drug-likeness (QED) is 0.329. The number of anilines is 1. The molecule has 0 amide bonds. The zero-order valence-corrected chi connectivity index (χ0v) is 20.1. The van der Waals surface area contributed by atoms with Gasteiger partial charge in [0.2, 0.25) is 5.88 Å². The van der Waals surface area contributed by atoms with Crippen LogP contribution in [0.1, 0.15) is 44.0 Å². The molecule has 34 heavy (non-hydrogen) atoms. The predicted octanol–water partition coefficient (Wildman–Crippen LogP) is 5.84. The molecule has 1 aromatic carbocycles. The van der Waals surface area contributed by atoms with E-state index < -0.39 is 0 Å². The van der Waals surface area contributed by atoms with Crippen LogP contribution in [0, 0.1) is 13.8 Å². The Labute approximate surface area is 198 Å². The fourth-order valence-corrected chi connectivity index (χ4v) is 4.16. The molecule has 5 aromatic rings. The van der Waals surface area contributed by atoms with Gasteiger partial charge in [0.1, 0.15) is 16.6 Å². The third-order valence-corrected chi connectivity index (χ3v) is 5.68. The van der Waals surface area contributed by atoms with Crippen molar-refractivity contribution in [3.63, 3.8) is 0 Å². The molecule has 5 rings (SSSR count). The van der Waals surface area contributed by atoms with Crippen molar-refractivity contribution in [3.05, 3.63) is 59.7 Å². The number of aromatic nitrogens is 5. The predicted molar refractivity (Wildman–Crippen MR) is 133 cm³/mol. The molecule has 174 valence electrons. The third-order valence-electron chi connectivity index (χ3n) is 5.68. The Morgan fingerprint density at radius 1 is 1.12 bits per heavy atom. The fourth-order valence-electron chi connectivity index (χ4n) is 4.16. The van der Waals surface area contributed by atoms with E-state index in [4.69, 9.17) is 19.2 Å². The molecule has 0 radical (unpaired) electrons. The van der Waals surface area contributed by atoms with E-state index in [1.165, 1.54) is 0 Å². The second kappa shape index (κ2) is 8.78. The number of fused-ring (bicyclic) bond motifs is 2. The van der Waals surface area contributed by atoms with Crippen molar-refractivity contribution in [2.45, 2.75) is 47.2 Å². The van der Waals surface area contributed by atoms with Crippen LogP contribution in [0.3, 0.4) is 0 Å². The number of hydrogen-bond acceptors (Lipinski definition) is 7. The Morgan fingerprint density at radius 2 is 1.97 bits per heavy atom. The van der Waals surface area contributed by atoms with Crippen LogP contribution in [0.15, 0.2) is 47.0 Å². The van der Waals surface area contributed by atoms with Gasteiger partial charge in [-0.3, -0.25) is 4.68 Å². The van der Waals surface area contributed by atoms with Gasteiger partial charge < -0.3 is 14.5 Å². The average Bonchev–Trinajstić information content (AvgIpc) is 3.36. The van der Waals surface area contributed by atoms with Crippen LogP contribution in [0.4, 0.5) is 5.69 Å². The van der Waals surface area contributed by atoms with Gasteiger partial charge in [0.05, 0.1) is 29.2 Å². The maximum Gasteiger partial charge on any atom is 0.222 e. The molecule has 0 unspecified atom stereocenters. The molecule has 0 bridgehead atoms. The molecule has 0 aliphatic rings. The number of pyridine rings is 2. The topological polar surface area (TPSA) is 90.9 Å². The Morgan fingerprint density at radius 3 is 2.76 bits per heavy atom. The molecule has 0 atom stereocenters. The van der Waals surface area contributed by atoms with Crippen LogP contribution in [0.25, 0.3) is 33.4 Å². The Kier molecular flexibility index (Phi) is 5.65. The van der Waals surface area contributed by atoms with Crippen molar-refractivity contribution in [1.29, 1.82) is 0 Å². The lowest BCUT2D eigenvalue weighted by atomic mass is 10.1. The summed E-state index contributed by atoms with van der Waals surface area (Å²) in [7, 11) is 0. The van der Waals surface area contributed by atoms with Crippen molar-refractivity contribution < 1.29 is 9.15 Å².